The third kappa shape index (κ3) is 3.33. The van der Waals surface area contributed by atoms with Crippen molar-refractivity contribution in [3.05, 3.63) is 58.3 Å². The van der Waals surface area contributed by atoms with E-state index in [1.54, 1.807) is 18.2 Å². The highest BCUT2D eigenvalue weighted by Crippen LogP contribution is 2.22. The van der Waals surface area contributed by atoms with E-state index in [4.69, 9.17) is 0 Å². The van der Waals surface area contributed by atoms with Gasteiger partial charge in [-0.2, -0.15) is 0 Å². The van der Waals surface area contributed by atoms with Gasteiger partial charge in [-0.25, -0.2) is 12.8 Å². The summed E-state index contributed by atoms with van der Waals surface area (Å²) < 4.78 is 40.5. The summed E-state index contributed by atoms with van der Waals surface area (Å²) in [4.78, 5) is -0.104. The molecule has 0 aliphatic rings. The maximum Gasteiger partial charge on any atom is 0.261 e. The van der Waals surface area contributed by atoms with Gasteiger partial charge in [0.1, 0.15) is 5.82 Å². The Hall–Kier alpha value is -1.40. The highest BCUT2D eigenvalue weighted by Gasteiger charge is 2.14. The summed E-state index contributed by atoms with van der Waals surface area (Å²) in [5.41, 5.74) is 1.34. The van der Waals surface area contributed by atoms with Crippen molar-refractivity contribution >= 4 is 31.6 Å². The van der Waals surface area contributed by atoms with Gasteiger partial charge in [-0.15, -0.1) is 0 Å². The van der Waals surface area contributed by atoms with Gasteiger partial charge in [0.25, 0.3) is 10.0 Å². The van der Waals surface area contributed by atoms with E-state index in [-0.39, 0.29) is 4.90 Å². The number of sulfonamides is 1. The number of anilines is 1. The van der Waals surface area contributed by atoms with E-state index in [1.807, 2.05) is 6.92 Å². The first-order chi connectivity index (χ1) is 8.88. The molecule has 0 amide bonds. The van der Waals surface area contributed by atoms with Crippen LogP contribution in [0.5, 0.6) is 0 Å². The molecule has 2 aromatic carbocycles. The molecule has 0 fully saturated rings. The van der Waals surface area contributed by atoms with Crippen molar-refractivity contribution in [2.45, 2.75) is 11.8 Å². The minimum atomic E-state index is -3.77. The summed E-state index contributed by atoms with van der Waals surface area (Å²) in [6.07, 6.45) is 0. The molecular formula is C13H11BrFNO2S. The van der Waals surface area contributed by atoms with Gasteiger partial charge in [-0.05, 0) is 48.9 Å². The lowest BCUT2D eigenvalue weighted by Gasteiger charge is -2.09. The molecule has 0 heterocycles. The Morgan fingerprint density at radius 3 is 2.53 bits per heavy atom. The molecule has 0 aliphatic carbocycles. The zero-order chi connectivity index (χ0) is 14.0. The number of halogens is 2. The zero-order valence-corrected chi connectivity index (χ0v) is 12.4. The van der Waals surface area contributed by atoms with Crippen molar-refractivity contribution in [1.29, 1.82) is 0 Å². The number of rotatable bonds is 3. The normalized spacial score (nSPS) is 11.3. The number of aryl methyl sites for hydroxylation is 1. The molecule has 100 valence electrons. The highest BCUT2D eigenvalue weighted by atomic mass is 79.9. The van der Waals surface area contributed by atoms with E-state index < -0.39 is 15.8 Å². The predicted octanol–water partition coefficient (Wildman–Crippen LogP) is 3.70. The summed E-state index contributed by atoms with van der Waals surface area (Å²) in [7, 11) is -3.77. The maximum atomic E-state index is 13.1. The van der Waals surface area contributed by atoms with Crippen molar-refractivity contribution < 1.29 is 12.8 Å². The van der Waals surface area contributed by atoms with Crippen LogP contribution in [0.1, 0.15) is 5.56 Å². The smallest absolute Gasteiger partial charge is 0.261 e. The number of benzene rings is 2. The lowest BCUT2D eigenvalue weighted by atomic mass is 10.2. The first-order valence-corrected chi connectivity index (χ1v) is 7.71. The molecule has 6 heteroatoms. The van der Waals surface area contributed by atoms with Crippen molar-refractivity contribution in [1.82, 2.24) is 0 Å². The topological polar surface area (TPSA) is 46.2 Å². The molecule has 2 rings (SSSR count). The summed E-state index contributed by atoms with van der Waals surface area (Å²) in [6, 6.07) is 9.96. The van der Waals surface area contributed by atoms with Crippen molar-refractivity contribution in [3.8, 4) is 0 Å². The summed E-state index contributed by atoms with van der Waals surface area (Å²) in [6.45, 7) is 1.85. The van der Waals surface area contributed by atoms with E-state index in [2.05, 4.69) is 20.7 Å². The first kappa shape index (κ1) is 14.0. The van der Waals surface area contributed by atoms with Gasteiger partial charge in [-0.3, -0.25) is 4.72 Å². The van der Waals surface area contributed by atoms with Gasteiger partial charge in [0.15, 0.2) is 0 Å². The third-order valence-electron chi connectivity index (χ3n) is 2.52. The molecule has 0 atom stereocenters. The number of hydrogen-bond donors (Lipinski definition) is 1. The molecule has 19 heavy (non-hydrogen) atoms. The van der Waals surface area contributed by atoms with Gasteiger partial charge in [0.2, 0.25) is 0 Å². The molecule has 0 saturated heterocycles. The fraction of sp³-hybridized carbons (Fsp3) is 0.0769. The van der Waals surface area contributed by atoms with Crippen LogP contribution in [-0.2, 0) is 10.0 Å². The standard InChI is InChI=1S/C13H11BrFNO2S/c1-9-7-11(5-6-13(9)14)16-19(17,18)12-4-2-3-10(15)8-12/h2-8,16H,1H3. The van der Waals surface area contributed by atoms with Crippen molar-refractivity contribution in [2.75, 3.05) is 4.72 Å². The third-order valence-corrected chi connectivity index (χ3v) is 4.79. The average molecular weight is 344 g/mol. The number of hydrogen-bond acceptors (Lipinski definition) is 2. The maximum absolute atomic E-state index is 13.1. The van der Waals surface area contributed by atoms with E-state index >= 15 is 0 Å². The van der Waals surface area contributed by atoms with Crippen molar-refractivity contribution in [3.63, 3.8) is 0 Å². The van der Waals surface area contributed by atoms with Crippen LogP contribution in [0.3, 0.4) is 0 Å². The van der Waals surface area contributed by atoms with Crippen LogP contribution in [0.2, 0.25) is 0 Å². The van der Waals surface area contributed by atoms with Gasteiger partial charge in [0, 0.05) is 10.2 Å². The molecular weight excluding hydrogens is 333 g/mol. The lowest BCUT2D eigenvalue weighted by molar-refractivity contribution is 0.595. The number of nitrogens with one attached hydrogen (secondary N) is 1. The van der Waals surface area contributed by atoms with E-state index in [9.17, 15) is 12.8 Å². The summed E-state index contributed by atoms with van der Waals surface area (Å²) in [5, 5.41) is 0. The van der Waals surface area contributed by atoms with Crippen LogP contribution >= 0.6 is 15.9 Å². The molecule has 0 spiro atoms. The molecule has 0 bridgehead atoms. The van der Waals surface area contributed by atoms with Crippen LogP contribution in [-0.4, -0.2) is 8.42 Å². The van der Waals surface area contributed by atoms with Crippen molar-refractivity contribution in [2.24, 2.45) is 0 Å². The van der Waals surface area contributed by atoms with Crippen LogP contribution in [0.25, 0.3) is 0 Å². The zero-order valence-electron chi connectivity index (χ0n) is 10.0. The molecule has 1 N–H and O–H groups in total. The minimum absolute atomic E-state index is 0.104. The monoisotopic (exact) mass is 343 g/mol. The second-order valence-corrected chi connectivity index (χ2v) is 6.56. The molecule has 0 aliphatic heterocycles. The fourth-order valence-corrected chi connectivity index (χ4v) is 2.88. The molecule has 0 aromatic heterocycles. The quantitative estimate of drug-likeness (QED) is 0.923. The molecule has 0 saturated carbocycles. The van der Waals surface area contributed by atoms with Crippen LogP contribution in [0, 0.1) is 12.7 Å². The van der Waals surface area contributed by atoms with E-state index in [0.717, 1.165) is 16.1 Å². The second kappa shape index (κ2) is 5.30. The second-order valence-electron chi connectivity index (χ2n) is 4.03. The van der Waals surface area contributed by atoms with Gasteiger partial charge >= 0.3 is 0 Å². The Kier molecular flexibility index (Phi) is 3.91. The fourth-order valence-electron chi connectivity index (χ4n) is 1.56. The van der Waals surface area contributed by atoms with Crippen LogP contribution in [0.15, 0.2) is 51.8 Å². The van der Waals surface area contributed by atoms with Crippen LogP contribution < -0.4 is 4.72 Å². The van der Waals surface area contributed by atoms with Gasteiger partial charge < -0.3 is 0 Å². The molecule has 0 unspecified atom stereocenters. The average Bonchev–Trinajstić information content (AvgIpc) is 2.33. The Balaban J connectivity index is 2.33. The van der Waals surface area contributed by atoms with Gasteiger partial charge in [0.05, 0.1) is 4.90 Å². The Labute approximate surface area is 119 Å². The Morgan fingerprint density at radius 1 is 1.16 bits per heavy atom. The largest absolute Gasteiger partial charge is 0.280 e. The van der Waals surface area contributed by atoms with E-state index in [1.165, 1.54) is 18.2 Å². The molecule has 3 nitrogen and oxygen atoms in total. The van der Waals surface area contributed by atoms with Gasteiger partial charge in [-0.1, -0.05) is 22.0 Å². The predicted molar refractivity (Wildman–Crippen MR) is 76.1 cm³/mol. The summed E-state index contributed by atoms with van der Waals surface area (Å²) in [5.74, 6) is -0.588. The first-order valence-electron chi connectivity index (χ1n) is 5.43. The van der Waals surface area contributed by atoms with Crippen LogP contribution in [0.4, 0.5) is 10.1 Å². The lowest BCUT2D eigenvalue weighted by Crippen LogP contribution is -2.13. The molecule has 0 radical (unpaired) electrons. The molecule has 2 aromatic rings. The van der Waals surface area contributed by atoms with E-state index in [0.29, 0.717) is 5.69 Å². The highest BCUT2D eigenvalue weighted by molar-refractivity contribution is 9.10. The minimum Gasteiger partial charge on any atom is -0.280 e. The summed E-state index contributed by atoms with van der Waals surface area (Å²) >= 11 is 3.34. The SMILES string of the molecule is Cc1cc(NS(=O)(=O)c2cccc(F)c2)ccc1Br. The Bertz CT molecular complexity index is 716. The Morgan fingerprint density at radius 2 is 1.89 bits per heavy atom.